The van der Waals surface area contributed by atoms with Gasteiger partial charge in [-0.1, -0.05) is 15.9 Å². The van der Waals surface area contributed by atoms with Crippen molar-refractivity contribution in [3.05, 3.63) is 32.8 Å². The van der Waals surface area contributed by atoms with Crippen molar-refractivity contribution < 1.29 is 14.5 Å². The molecule has 0 spiro atoms. The summed E-state index contributed by atoms with van der Waals surface area (Å²) in [6.45, 7) is 3.65. The van der Waals surface area contributed by atoms with Gasteiger partial charge in [-0.05, 0) is 26.0 Å². The van der Waals surface area contributed by atoms with Crippen molar-refractivity contribution in [2.45, 2.75) is 20.3 Å². The summed E-state index contributed by atoms with van der Waals surface area (Å²) in [5.74, 6) is -0.390. The van der Waals surface area contributed by atoms with Crippen LogP contribution in [0.3, 0.4) is 0 Å². The second-order valence-electron chi connectivity index (χ2n) is 3.86. The number of halogens is 1. The molecule has 1 N–H and O–H groups in total. The maximum atomic E-state index is 11.2. The van der Waals surface area contributed by atoms with Gasteiger partial charge in [0.1, 0.15) is 5.69 Å². The summed E-state index contributed by atoms with van der Waals surface area (Å²) in [4.78, 5) is 21.6. The van der Waals surface area contributed by atoms with E-state index in [-0.39, 0.29) is 23.8 Å². The van der Waals surface area contributed by atoms with Crippen LogP contribution in [0.4, 0.5) is 11.4 Å². The number of hydrogen-bond acceptors (Lipinski definition) is 6. The third kappa shape index (κ3) is 4.96. The fourth-order valence-electron chi connectivity index (χ4n) is 1.37. The second-order valence-corrected chi connectivity index (χ2v) is 4.77. The van der Waals surface area contributed by atoms with E-state index in [4.69, 9.17) is 4.74 Å². The Balaban J connectivity index is 2.80. The number of ether oxygens (including phenoxy) is 1. The van der Waals surface area contributed by atoms with Crippen LogP contribution in [0.15, 0.2) is 27.8 Å². The van der Waals surface area contributed by atoms with Crippen LogP contribution in [0, 0.1) is 10.1 Å². The maximum absolute atomic E-state index is 11.2. The Bertz CT molecular complexity index is 546. The molecule has 0 amide bonds. The summed E-state index contributed by atoms with van der Waals surface area (Å²) in [5.41, 5.74) is 3.21. The number of hydrogen-bond donors (Lipinski definition) is 1. The van der Waals surface area contributed by atoms with Crippen molar-refractivity contribution in [3.63, 3.8) is 0 Å². The van der Waals surface area contributed by atoms with Crippen molar-refractivity contribution in [2.24, 2.45) is 5.10 Å². The Morgan fingerprint density at radius 2 is 2.25 bits per heavy atom. The third-order valence-electron chi connectivity index (χ3n) is 2.23. The van der Waals surface area contributed by atoms with Crippen LogP contribution in [0.2, 0.25) is 0 Å². The van der Waals surface area contributed by atoms with Crippen molar-refractivity contribution in [1.29, 1.82) is 0 Å². The van der Waals surface area contributed by atoms with E-state index >= 15 is 0 Å². The van der Waals surface area contributed by atoms with Crippen LogP contribution >= 0.6 is 15.9 Å². The molecule has 0 unspecified atom stereocenters. The van der Waals surface area contributed by atoms with Gasteiger partial charge in [0.15, 0.2) is 0 Å². The van der Waals surface area contributed by atoms with E-state index in [1.807, 2.05) is 0 Å². The van der Waals surface area contributed by atoms with E-state index in [9.17, 15) is 14.9 Å². The van der Waals surface area contributed by atoms with Gasteiger partial charge in [0.2, 0.25) is 0 Å². The van der Waals surface area contributed by atoms with Crippen LogP contribution in [-0.2, 0) is 9.53 Å². The standard InChI is InChI=1S/C12H14BrN3O4/c1-3-20-12(17)6-8(2)14-15-10-7-9(13)4-5-11(10)16(18)19/h4-5,7,15H,3,6H2,1-2H3/b14-8-. The van der Waals surface area contributed by atoms with Gasteiger partial charge in [-0.25, -0.2) is 0 Å². The highest BCUT2D eigenvalue weighted by Gasteiger charge is 2.13. The number of nitro groups is 1. The molecule has 1 rings (SSSR count). The molecule has 0 atom stereocenters. The van der Waals surface area contributed by atoms with E-state index in [1.165, 1.54) is 6.07 Å². The molecular formula is C12H14BrN3O4. The number of hydrazone groups is 1. The molecule has 0 aliphatic rings. The number of nitrogens with zero attached hydrogens (tertiary/aromatic N) is 2. The zero-order valence-electron chi connectivity index (χ0n) is 11.1. The summed E-state index contributed by atoms with van der Waals surface area (Å²) in [6, 6.07) is 4.47. The Labute approximate surface area is 124 Å². The molecule has 0 saturated heterocycles. The fraction of sp³-hybridized carbons (Fsp3) is 0.333. The molecule has 20 heavy (non-hydrogen) atoms. The molecule has 0 fully saturated rings. The van der Waals surface area contributed by atoms with E-state index in [0.717, 1.165) is 0 Å². The summed E-state index contributed by atoms with van der Waals surface area (Å²) in [6.07, 6.45) is 0.0304. The van der Waals surface area contributed by atoms with Gasteiger partial charge >= 0.3 is 5.97 Å². The molecule has 8 heteroatoms. The van der Waals surface area contributed by atoms with Crippen molar-refractivity contribution in [3.8, 4) is 0 Å². The van der Waals surface area contributed by atoms with Crippen molar-refractivity contribution in [1.82, 2.24) is 0 Å². The number of anilines is 1. The van der Waals surface area contributed by atoms with Crippen molar-refractivity contribution >= 4 is 39.0 Å². The minimum Gasteiger partial charge on any atom is -0.466 e. The highest BCUT2D eigenvalue weighted by Crippen LogP contribution is 2.27. The van der Waals surface area contributed by atoms with E-state index in [2.05, 4.69) is 26.5 Å². The number of carbonyl (C=O) groups is 1. The first kappa shape index (κ1) is 16.1. The average Bonchev–Trinajstić information content (AvgIpc) is 2.36. The zero-order valence-corrected chi connectivity index (χ0v) is 12.6. The quantitative estimate of drug-likeness (QED) is 0.370. The first-order valence-electron chi connectivity index (χ1n) is 5.82. The Hall–Kier alpha value is -1.96. The minimum atomic E-state index is -0.509. The molecule has 108 valence electrons. The predicted octanol–water partition coefficient (Wildman–Crippen LogP) is 3.10. The van der Waals surface area contributed by atoms with Crippen LogP contribution in [0.5, 0.6) is 0 Å². The number of nitrogens with one attached hydrogen (secondary N) is 1. The minimum absolute atomic E-state index is 0.0304. The van der Waals surface area contributed by atoms with Crippen LogP contribution in [0.1, 0.15) is 20.3 Å². The molecule has 7 nitrogen and oxygen atoms in total. The number of benzene rings is 1. The molecule has 0 aliphatic carbocycles. The van der Waals surface area contributed by atoms with Crippen LogP contribution in [-0.4, -0.2) is 23.2 Å². The van der Waals surface area contributed by atoms with E-state index < -0.39 is 4.92 Å². The second kappa shape index (κ2) is 7.59. The van der Waals surface area contributed by atoms with Gasteiger partial charge in [0, 0.05) is 16.3 Å². The van der Waals surface area contributed by atoms with Crippen LogP contribution < -0.4 is 5.43 Å². The summed E-state index contributed by atoms with van der Waals surface area (Å²) in [5, 5.41) is 14.8. The summed E-state index contributed by atoms with van der Waals surface area (Å²) >= 11 is 3.23. The van der Waals surface area contributed by atoms with Gasteiger partial charge < -0.3 is 4.74 Å². The lowest BCUT2D eigenvalue weighted by Crippen LogP contribution is -2.10. The molecular weight excluding hydrogens is 330 g/mol. The lowest BCUT2D eigenvalue weighted by Gasteiger charge is -2.05. The fourth-order valence-corrected chi connectivity index (χ4v) is 1.73. The number of nitro benzene ring substituents is 1. The lowest BCUT2D eigenvalue weighted by atomic mass is 10.3. The molecule has 0 bridgehead atoms. The highest BCUT2D eigenvalue weighted by molar-refractivity contribution is 9.10. The summed E-state index contributed by atoms with van der Waals surface area (Å²) < 4.78 is 5.47. The van der Waals surface area contributed by atoms with Gasteiger partial charge in [-0.15, -0.1) is 0 Å². The van der Waals surface area contributed by atoms with Crippen LogP contribution in [0.25, 0.3) is 0 Å². The maximum Gasteiger partial charge on any atom is 0.311 e. The molecule has 1 aromatic carbocycles. The van der Waals surface area contributed by atoms with E-state index in [0.29, 0.717) is 16.8 Å². The number of carbonyl (C=O) groups excluding carboxylic acids is 1. The molecule has 0 aromatic heterocycles. The smallest absolute Gasteiger partial charge is 0.311 e. The Kier molecular flexibility index (Phi) is 6.10. The Morgan fingerprint density at radius 1 is 1.55 bits per heavy atom. The first-order chi connectivity index (χ1) is 9.43. The monoisotopic (exact) mass is 343 g/mol. The Morgan fingerprint density at radius 3 is 2.85 bits per heavy atom. The summed E-state index contributed by atoms with van der Waals surface area (Å²) in [7, 11) is 0. The molecule has 0 saturated carbocycles. The SMILES string of the molecule is CCOC(=O)C/C(C)=N\Nc1cc(Br)ccc1[N+](=O)[O-]. The van der Waals surface area contributed by atoms with Gasteiger partial charge in [-0.2, -0.15) is 5.10 Å². The highest BCUT2D eigenvalue weighted by atomic mass is 79.9. The molecule has 0 radical (unpaired) electrons. The van der Waals surface area contributed by atoms with Gasteiger partial charge in [-0.3, -0.25) is 20.3 Å². The lowest BCUT2D eigenvalue weighted by molar-refractivity contribution is -0.384. The third-order valence-corrected chi connectivity index (χ3v) is 2.72. The van der Waals surface area contributed by atoms with E-state index in [1.54, 1.807) is 26.0 Å². The normalized spacial score (nSPS) is 11.1. The molecule has 0 aliphatic heterocycles. The largest absolute Gasteiger partial charge is 0.466 e. The van der Waals surface area contributed by atoms with Crippen molar-refractivity contribution in [2.75, 3.05) is 12.0 Å². The molecule has 1 aromatic rings. The number of esters is 1. The number of rotatable bonds is 6. The average molecular weight is 344 g/mol. The predicted molar refractivity (Wildman–Crippen MR) is 78.8 cm³/mol. The molecule has 0 heterocycles. The topological polar surface area (TPSA) is 93.8 Å². The first-order valence-corrected chi connectivity index (χ1v) is 6.62. The van der Waals surface area contributed by atoms with Gasteiger partial charge in [0.25, 0.3) is 5.69 Å². The van der Waals surface area contributed by atoms with Gasteiger partial charge in [0.05, 0.1) is 18.0 Å². The zero-order chi connectivity index (χ0) is 15.1.